The lowest BCUT2D eigenvalue weighted by Crippen LogP contribution is -2.36. The lowest BCUT2D eigenvalue weighted by molar-refractivity contribution is 0.0927. The summed E-state index contributed by atoms with van der Waals surface area (Å²) >= 11 is 0. The Bertz CT molecular complexity index is 1460. The predicted octanol–water partition coefficient (Wildman–Crippen LogP) is 6.10. The summed E-state index contributed by atoms with van der Waals surface area (Å²) in [4.78, 5) is 17.4. The summed E-state index contributed by atoms with van der Waals surface area (Å²) < 4.78 is 6.29. The van der Waals surface area contributed by atoms with E-state index >= 15 is 0 Å². The Morgan fingerprint density at radius 3 is 2.82 bits per heavy atom. The molecule has 164 valence electrons. The van der Waals surface area contributed by atoms with E-state index in [2.05, 4.69) is 20.5 Å². The van der Waals surface area contributed by atoms with Gasteiger partial charge in [-0.3, -0.25) is 14.9 Å². The molecule has 0 radical (unpaired) electrons. The Hall–Kier alpha value is -3.93. The first kappa shape index (κ1) is 19.7. The molecule has 6 nitrogen and oxygen atoms in total. The lowest BCUT2D eigenvalue weighted by Gasteiger charge is -2.22. The molecule has 0 saturated heterocycles. The molecule has 5 aromatic rings. The molecule has 0 aliphatic heterocycles. The highest BCUT2D eigenvalue weighted by molar-refractivity contribution is 5.98. The molecule has 1 fully saturated rings. The van der Waals surface area contributed by atoms with Crippen LogP contribution in [0.15, 0.2) is 71.4 Å². The fourth-order valence-electron chi connectivity index (χ4n) is 4.74. The molecular weight excluding hydrogens is 412 g/mol. The summed E-state index contributed by atoms with van der Waals surface area (Å²) in [6.07, 6.45) is 9.35. The third-order valence-corrected chi connectivity index (χ3v) is 6.51. The van der Waals surface area contributed by atoms with Crippen LogP contribution in [0.3, 0.4) is 0 Å². The standard InChI is InChI=1S/C27H24N4O2/c32-27(30-21-7-2-1-3-8-21)19-6-4-5-17(13-19)22-11-12-28-24-15-25(33-26(22)24)18-9-10-20-16-29-31-23(20)14-18/h4-6,9-16,21H,1-3,7-8H2,(H,29,31)(H,30,32). The normalized spacial score (nSPS) is 14.7. The predicted molar refractivity (Wildman–Crippen MR) is 129 cm³/mol. The van der Waals surface area contributed by atoms with Gasteiger partial charge in [-0.05, 0) is 42.7 Å². The number of rotatable bonds is 4. The van der Waals surface area contributed by atoms with Gasteiger partial charge < -0.3 is 9.73 Å². The zero-order chi connectivity index (χ0) is 22.2. The lowest BCUT2D eigenvalue weighted by atomic mass is 9.95. The number of hydrogen-bond donors (Lipinski definition) is 2. The zero-order valence-corrected chi connectivity index (χ0v) is 18.2. The smallest absolute Gasteiger partial charge is 0.251 e. The molecule has 6 heteroatoms. The highest BCUT2D eigenvalue weighted by atomic mass is 16.3. The number of furan rings is 1. The molecule has 1 aliphatic rings. The molecular formula is C27H24N4O2. The fraction of sp³-hybridized carbons (Fsp3) is 0.222. The number of hydrogen-bond acceptors (Lipinski definition) is 4. The number of amides is 1. The van der Waals surface area contributed by atoms with Gasteiger partial charge in [0.1, 0.15) is 11.3 Å². The first-order valence-corrected chi connectivity index (χ1v) is 11.5. The van der Waals surface area contributed by atoms with Gasteiger partial charge in [-0.2, -0.15) is 5.10 Å². The van der Waals surface area contributed by atoms with E-state index in [1.54, 1.807) is 12.4 Å². The van der Waals surface area contributed by atoms with E-state index in [0.29, 0.717) is 11.1 Å². The molecule has 2 aromatic carbocycles. The molecule has 1 aliphatic carbocycles. The molecule has 2 N–H and O–H groups in total. The molecule has 1 saturated carbocycles. The Morgan fingerprint density at radius 1 is 1.00 bits per heavy atom. The van der Waals surface area contributed by atoms with Gasteiger partial charge in [-0.25, -0.2) is 0 Å². The van der Waals surface area contributed by atoms with Crippen molar-refractivity contribution in [1.82, 2.24) is 20.5 Å². The molecule has 0 unspecified atom stereocenters. The highest BCUT2D eigenvalue weighted by Crippen LogP contribution is 2.34. The second kappa shape index (κ2) is 8.20. The summed E-state index contributed by atoms with van der Waals surface area (Å²) in [7, 11) is 0. The summed E-state index contributed by atoms with van der Waals surface area (Å²) in [6, 6.07) is 18.0. The molecule has 6 rings (SSSR count). The van der Waals surface area contributed by atoms with Gasteiger partial charge in [0.05, 0.1) is 11.7 Å². The van der Waals surface area contributed by atoms with Crippen LogP contribution in [0.2, 0.25) is 0 Å². The molecule has 0 spiro atoms. The van der Waals surface area contributed by atoms with Gasteiger partial charge in [-0.1, -0.05) is 43.5 Å². The average Bonchev–Trinajstić information content (AvgIpc) is 3.51. The van der Waals surface area contributed by atoms with Crippen molar-refractivity contribution in [3.63, 3.8) is 0 Å². The van der Waals surface area contributed by atoms with Crippen LogP contribution in [0.4, 0.5) is 0 Å². The number of carbonyl (C=O) groups excluding carboxylic acids is 1. The van der Waals surface area contributed by atoms with E-state index in [1.807, 2.05) is 54.6 Å². The summed E-state index contributed by atoms with van der Waals surface area (Å²) in [6.45, 7) is 0. The minimum atomic E-state index is -0.0120. The third kappa shape index (κ3) is 3.78. The highest BCUT2D eigenvalue weighted by Gasteiger charge is 2.18. The van der Waals surface area contributed by atoms with E-state index in [9.17, 15) is 4.79 Å². The molecule has 3 aromatic heterocycles. The quantitative estimate of drug-likeness (QED) is 0.356. The zero-order valence-electron chi connectivity index (χ0n) is 18.2. The van der Waals surface area contributed by atoms with Crippen molar-refractivity contribution in [1.29, 1.82) is 0 Å². The van der Waals surface area contributed by atoms with E-state index in [4.69, 9.17) is 4.42 Å². The fourth-order valence-corrected chi connectivity index (χ4v) is 4.74. The first-order chi connectivity index (χ1) is 16.2. The maximum atomic E-state index is 12.9. The number of H-pyrrole nitrogens is 1. The van der Waals surface area contributed by atoms with Gasteiger partial charge >= 0.3 is 0 Å². The third-order valence-electron chi connectivity index (χ3n) is 6.51. The van der Waals surface area contributed by atoms with E-state index in [-0.39, 0.29) is 11.9 Å². The minimum Gasteiger partial charge on any atom is -0.454 e. The molecule has 1 amide bonds. The van der Waals surface area contributed by atoms with Crippen LogP contribution in [-0.2, 0) is 0 Å². The van der Waals surface area contributed by atoms with Crippen LogP contribution < -0.4 is 5.32 Å². The molecule has 3 heterocycles. The van der Waals surface area contributed by atoms with Gasteiger partial charge in [-0.15, -0.1) is 0 Å². The number of carbonyl (C=O) groups is 1. The molecule has 0 atom stereocenters. The Labute approximate surface area is 191 Å². The number of pyridine rings is 1. The van der Waals surface area contributed by atoms with Crippen LogP contribution in [-0.4, -0.2) is 27.1 Å². The van der Waals surface area contributed by atoms with Crippen LogP contribution in [0.25, 0.3) is 44.5 Å². The number of benzene rings is 2. The topological polar surface area (TPSA) is 83.8 Å². The largest absolute Gasteiger partial charge is 0.454 e. The maximum Gasteiger partial charge on any atom is 0.251 e. The van der Waals surface area contributed by atoms with Crippen LogP contribution in [0.5, 0.6) is 0 Å². The van der Waals surface area contributed by atoms with E-state index in [0.717, 1.165) is 51.7 Å². The number of nitrogens with zero attached hydrogens (tertiary/aromatic N) is 2. The Morgan fingerprint density at radius 2 is 1.91 bits per heavy atom. The Kier molecular flexibility index (Phi) is 4.91. The van der Waals surface area contributed by atoms with Crippen molar-refractivity contribution in [2.75, 3.05) is 0 Å². The van der Waals surface area contributed by atoms with Gasteiger partial charge in [0.15, 0.2) is 5.58 Å². The van der Waals surface area contributed by atoms with Crippen molar-refractivity contribution in [2.45, 2.75) is 38.1 Å². The van der Waals surface area contributed by atoms with Crippen LogP contribution >= 0.6 is 0 Å². The maximum absolute atomic E-state index is 12.9. The van der Waals surface area contributed by atoms with Crippen molar-refractivity contribution in [3.8, 4) is 22.5 Å². The van der Waals surface area contributed by atoms with Gasteiger partial charge in [0, 0.05) is 40.4 Å². The number of aromatic amines is 1. The van der Waals surface area contributed by atoms with Crippen molar-refractivity contribution < 1.29 is 9.21 Å². The summed E-state index contributed by atoms with van der Waals surface area (Å²) in [5, 5.41) is 11.4. The van der Waals surface area contributed by atoms with Crippen LogP contribution in [0, 0.1) is 0 Å². The molecule has 0 bridgehead atoms. The SMILES string of the molecule is O=C(NC1CCCCC1)c1cccc(-c2ccnc3cc(-c4ccc5cn[nH]c5c4)oc23)c1. The summed E-state index contributed by atoms with van der Waals surface area (Å²) in [5.74, 6) is 0.731. The van der Waals surface area contributed by atoms with Gasteiger partial charge in [0.2, 0.25) is 0 Å². The first-order valence-electron chi connectivity index (χ1n) is 11.5. The number of aromatic nitrogens is 3. The van der Waals surface area contributed by atoms with E-state index in [1.165, 1.54) is 19.3 Å². The van der Waals surface area contributed by atoms with E-state index < -0.39 is 0 Å². The average molecular weight is 437 g/mol. The molecule has 33 heavy (non-hydrogen) atoms. The van der Waals surface area contributed by atoms with Crippen LogP contribution in [0.1, 0.15) is 42.5 Å². The summed E-state index contributed by atoms with van der Waals surface area (Å²) in [5.41, 5.74) is 5.92. The number of nitrogens with one attached hydrogen (secondary N) is 2. The van der Waals surface area contributed by atoms with Crippen molar-refractivity contribution in [2.24, 2.45) is 0 Å². The monoisotopic (exact) mass is 436 g/mol. The second-order valence-corrected chi connectivity index (χ2v) is 8.74. The van der Waals surface area contributed by atoms with Crippen molar-refractivity contribution >= 4 is 27.9 Å². The number of fused-ring (bicyclic) bond motifs is 2. The van der Waals surface area contributed by atoms with Crippen molar-refractivity contribution in [3.05, 3.63) is 72.6 Å². The minimum absolute atomic E-state index is 0.0120. The van der Waals surface area contributed by atoms with Gasteiger partial charge in [0.25, 0.3) is 5.91 Å². The Balaban J connectivity index is 1.34. The second-order valence-electron chi connectivity index (χ2n) is 8.74.